The van der Waals surface area contributed by atoms with E-state index in [2.05, 4.69) is 17.3 Å². The van der Waals surface area contributed by atoms with Gasteiger partial charge in [-0.05, 0) is 38.5 Å². The predicted molar refractivity (Wildman–Crippen MR) is 115 cm³/mol. The first-order chi connectivity index (χ1) is 14.2. The molecule has 30 heavy (non-hydrogen) atoms. The Balaban J connectivity index is 1.84. The molecule has 10 heteroatoms. The standard InChI is InChI=1S/C20H27ClN4O4S/c1-4-5-10-25-19(8-9-22-25)23-20(26)16-6-7-17(21)18(11-16)30(27,28)24-12-14(2)29-15(3)13-24/h6-9,11,14-15H,4-5,10,12-13H2,1-3H3,(H,23,26). The van der Waals surface area contributed by atoms with E-state index in [1.165, 1.54) is 22.5 Å². The fourth-order valence-corrected chi connectivity index (χ4v) is 5.51. The Kier molecular flexibility index (Phi) is 7.18. The number of nitrogens with zero attached hydrogens (tertiary/aromatic N) is 3. The van der Waals surface area contributed by atoms with Gasteiger partial charge in [-0.25, -0.2) is 13.1 Å². The van der Waals surface area contributed by atoms with Crippen molar-refractivity contribution in [3.63, 3.8) is 0 Å². The Bertz CT molecular complexity index is 998. The number of aryl methyl sites for hydroxylation is 1. The zero-order valence-corrected chi connectivity index (χ0v) is 18.9. The number of hydrogen-bond acceptors (Lipinski definition) is 5. The summed E-state index contributed by atoms with van der Waals surface area (Å²) in [4.78, 5) is 12.7. The zero-order chi connectivity index (χ0) is 21.9. The molecule has 0 spiro atoms. The summed E-state index contributed by atoms with van der Waals surface area (Å²) in [5, 5.41) is 7.09. The number of halogens is 1. The molecule has 2 unspecified atom stereocenters. The summed E-state index contributed by atoms with van der Waals surface area (Å²) in [6.45, 7) is 6.88. The molecule has 1 fully saturated rings. The number of sulfonamides is 1. The number of nitrogens with one attached hydrogen (secondary N) is 1. The van der Waals surface area contributed by atoms with Gasteiger partial charge < -0.3 is 10.1 Å². The maximum atomic E-state index is 13.2. The first-order valence-electron chi connectivity index (χ1n) is 10.0. The van der Waals surface area contributed by atoms with Gasteiger partial charge in [0.05, 0.1) is 23.4 Å². The number of amides is 1. The molecule has 8 nitrogen and oxygen atoms in total. The Morgan fingerprint density at radius 1 is 1.27 bits per heavy atom. The highest BCUT2D eigenvalue weighted by Crippen LogP contribution is 2.28. The largest absolute Gasteiger partial charge is 0.373 e. The van der Waals surface area contributed by atoms with Crippen molar-refractivity contribution in [2.45, 2.75) is 57.3 Å². The third-order valence-corrected chi connectivity index (χ3v) is 7.19. The monoisotopic (exact) mass is 454 g/mol. The van der Waals surface area contributed by atoms with Crippen LogP contribution in [-0.2, 0) is 21.3 Å². The van der Waals surface area contributed by atoms with Crippen LogP contribution in [0.5, 0.6) is 0 Å². The first kappa shape index (κ1) is 22.7. The number of carbonyl (C=O) groups is 1. The summed E-state index contributed by atoms with van der Waals surface area (Å²) in [5.41, 5.74) is 0.204. The van der Waals surface area contributed by atoms with Crippen LogP contribution in [0.25, 0.3) is 0 Å². The number of hydrogen-bond donors (Lipinski definition) is 1. The summed E-state index contributed by atoms with van der Waals surface area (Å²) in [5.74, 6) is 0.133. The van der Waals surface area contributed by atoms with E-state index in [0.717, 1.165) is 12.8 Å². The lowest BCUT2D eigenvalue weighted by atomic mass is 10.2. The Labute approximate surface area is 182 Å². The molecular weight excluding hydrogens is 428 g/mol. The lowest BCUT2D eigenvalue weighted by Crippen LogP contribution is -2.48. The molecule has 1 saturated heterocycles. The minimum Gasteiger partial charge on any atom is -0.373 e. The van der Waals surface area contributed by atoms with Crippen LogP contribution in [0.2, 0.25) is 5.02 Å². The SMILES string of the molecule is CCCCn1nccc1NC(=O)c1ccc(Cl)c(S(=O)(=O)N2CC(C)OC(C)C2)c1. The molecule has 0 bridgehead atoms. The van der Waals surface area contributed by atoms with Gasteiger partial charge in [0.15, 0.2) is 0 Å². The molecule has 1 aromatic heterocycles. The molecule has 0 radical (unpaired) electrons. The molecule has 3 rings (SSSR count). The lowest BCUT2D eigenvalue weighted by molar-refractivity contribution is -0.0440. The van der Waals surface area contributed by atoms with Gasteiger partial charge in [-0.2, -0.15) is 9.40 Å². The number of ether oxygens (including phenoxy) is 1. The first-order valence-corrected chi connectivity index (χ1v) is 11.8. The summed E-state index contributed by atoms with van der Waals surface area (Å²) >= 11 is 6.22. The van der Waals surface area contributed by atoms with E-state index in [-0.39, 0.29) is 40.8 Å². The van der Waals surface area contributed by atoms with Crippen LogP contribution >= 0.6 is 11.6 Å². The number of anilines is 1. The average Bonchev–Trinajstić information content (AvgIpc) is 3.12. The van der Waals surface area contributed by atoms with E-state index in [4.69, 9.17) is 16.3 Å². The lowest BCUT2D eigenvalue weighted by Gasteiger charge is -2.34. The molecule has 1 aliphatic rings. The summed E-state index contributed by atoms with van der Waals surface area (Å²) < 4.78 is 35.1. The summed E-state index contributed by atoms with van der Waals surface area (Å²) in [6, 6.07) is 5.97. The number of morpholine rings is 1. The number of unbranched alkanes of at least 4 members (excludes halogenated alkanes) is 1. The number of rotatable bonds is 7. The molecule has 2 heterocycles. The highest BCUT2D eigenvalue weighted by Gasteiger charge is 2.34. The minimum atomic E-state index is -3.87. The van der Waals surface area contributed by atoms with Crippen molar-refractivity contribution in [3.8, 4) is 0 Å². The summed E-state index contributed by atoms with van der Waals surface area (Å²) in [7, 11) is -3.87. The van der Waals surface area contributed by atoms with Crippen molar-refractivity contribution < 1.29 is 17.9 Å². The maximum Gasteiger partial charge on any atom is 0.256 e. The fraction of sp³-hybridized carbons (Fsp3) is 0.500. The predicted octanol–water partition coefficient (Wildman–Crippen LogP) is 3.39. The van der Waals surface area contributed by atoms with Gasteiger partial charge in [0.2, 0.25) is 10.0 Å². The molecule has 0 aliphatic carbocycles. The highest BCUT2D eigenvalue weighted by molar-refractivity contribution is 7.89. The number of carbonyl (C=O) groups excluding carboxylic acids is 1. The van der Waals surface area contributed by atoms with Gasteiger partial charge in [-0.1, -0.05) is 24.9 Å². The molecule has 1 amide bonds. The highest BCUT2D eigenvalue weighted by atomic mass is 35.5. The Morgan fingerprint density at radius 3 is 2.63 bits per heavy atom. The fourth-order valence-electron chi connectivity index (χ4n) is 3.42. The van der Waals surface area contributed by atoms with Gasteiger partial charge >= 0.3 is 0 Å². The second-order valence-electron chi connectivity index (χ2n) is 7.47. The maximum absolute atomic E-state index is 13.2. The van der Waals surface area contributed by atoms with Crippen molar-refractivity contribution in [2.24, 2.45) is 0 Å². The van der Waals surface area contributed by atoms with Crippen molar-refractivity contribution in [1.82, 2.24) is 14.1 Å². The molecule has 2 aromatic rings. The van der Waals surface area contributed by atoms with Crippen molar-refractivity contribution in [2.75, 3.05) is 18.4 Å². The van der Waals surface area contributed by atoms with Crippen molar-refractivity contribution in [3.05, 3.63) is 41.0 Å². The van der Waals surface area contributed by atoms with E-state index < -0.39 is 15.9 Å². The van der Waals surface area contributed by atoms with E-state index >= 15 is 0 Å². The van der Waals surface area contributed by atoms with Crippen LogP contribution in [0.1, 0.15) is 44.0 Å². The van der Waals surface area contributed by atoms with Gasteiger partial charge in [-0.15, -0.1) is 0 Å². The van der Waals surface area contributed by atoms with Gasteiger partial charge in [0.25, 0.3) is 5.91 Å². The van der Waals surface area contributed by atoms with Gasteiger partial charge in [0.1, 0.15) is 10.7 Å². The van der Waals surface area contributed by atoms with E-state index in [9.17, 15) is 13.2 Å². The Morgan fingerprint density at radius 2 is 1.97 bits per heavy atom. The third-order valence-electron chi connectivity index (χ3n) is 4.88. The van der Waals surface area contributed by atoms with E-state index in [1.54, 1.807) is 16.9 Å². The smallest absolute Gasteiger partial charge is 0.256 e. The van der Waals surface area contributed by atoms with Crippen LogP contribution in [-0.4, -0.2) is 53.7 Å². The second-order valence-corrected chi connectivity index (χ2v) is 9.79. The molecule has 164 valence electrons. The zero-order valence-electron chi connectivity index (χ0n) is 17.3. The van der Waals surface area contributed by atoms with Crippen LogP contribution in [0.4, 0.5) is 5.82 Å². The molecule has 1 aliphatic heterocycles. The Hall–Kier alpha value is -1.94. The van der Waals surface area contributed by atoms with Gasteiger partial charge in [0, 0.05) is 31.3 Å². The molecule has 1 aromatic carbocycles. The van der Waals surface area contributed by atoms with Crippen molar-refractivity contribution in [1.29, 1.82) is 0 Å². The molecule has 1 N–H and O–H groups in total. The average molecular weight is 455 g/mol. The summed E-state index contributed by atoms with van der Waals surface area (Å²) in [6.07, 6.45) is 3.10. The second kappa shape index (κ2) is 9.47. The number of benzene rings is 1. The van der Waals surface area contributed by atoms with E-state index in [1.807, 2.05) is 13.8 Å². The topological polar surface area (TPSA) is 93.5 Å². The van der Waals surface area contributed by atoms with Crippen LogP contribution in [0, 0.1) is 0 Å². The number of aromatic nitrogens is 2. The van der Waals surface area contributed by atoms with Gasteiger partial charge in [-0.3, -0.25) is 4.79 Å². The normalized spacial score (nSPS) is 20.3. The third kappa shape index (κ3) is 5.03. The van der Waals surface area contributed by atoms with E-state index in [0.29, 0.717) is 12.4 Å². The van der Waals surface area contributed by atoms with Crippen LogP contribution in [0.3, 0.4) is 0 Å². The molecular formula is C20H27ClN4O4S. The quantitative estimate of drug-likeness (QED) is 0.692. The minimum absolute atomic E-state index is 0.0753. The molecule has 0 saturated carbocycles. The van der Waals surface area contributed by atoms with Crippen molar-refractivity contribution >= 4 is 33.3 Å². The van der Waals surface area contributed by atoms with Crippen LogP contribution < -0.4 is 5.32 Å². The molecule has 2 atom stereocenters. The van der Waals surface area contributed by atoms with Crippen LogP contribution in [0.15, 0.2) is 35.4 Å².